The number of hydrogen-bond donors (Lipinski definition) is 1. The van der Waals surface area contributed by atoms with Crippen molar-refractivity contribution in [2.24, 2.45) is 0 Å². The van der Waals surface area contributed by atoms with Crippen LogP contribution in [0.4, 0.5) is 0 Å². The molecular weight excluding hydrogens is 384 g/mol. The molecule has 0 aliphatic carbocycles. The van der Waals surface area contributed by atoms with Crippen molar-refractivity contribution in [3.63, 3.8) is 0 Å². The van der Waals surface area contributed by atoms with Gasteiger partial charge in [0.15, 0.2) is 5.11 Å². The van der Waals surface area contributed by atoms with E-state index in [1.165, 1.54) is 4.90 Å². The van der Waals surface area contributed by atoms with Gasteiger partial charge in [-0.25, -0.2) is 4.68 Å². The van der Waals surface area contributed by atoms with Crippen LogP contribution in [-0.2, 0) is 11.3 Å². The highest BCUT2D eigenvalue weighted by Gasteiger charge is 2.32. The van der Waals surface area contributed by atoms with Crippen LogP contribution in [0.15, 0.2) is 58.8 Å². The standard InChI is InChI=1S/C19H15ClN4O2S/c1-12-15(17(20)24(22-12)13-6-3-2-4-7-13)10-16-18(25)23(19(27)21-16)11-14-8-5-9-26-14/h2-10H,11H2,1H3,(H,21,27)/b16-10-. The Morgan fingerprint density at radius 1 is 1.26 bits per heavy atom. The van der Waals surface area contributed by atoms with Crippen LogP contribution in [0, 0.1) is 6.92 Å². The lowest BCUT2D eigenvalue weighted by Crippen LogP contribution is -2.29. The molecule has 0 radical (unpaired) electrons. The number of carbonyl (C=O) groups excluding carboxylic acids is 1. The van der Waals surface area contributed by atoms with E-state index in [-0.39, 0.29) is 12.5 Å². The van der Waals surface area contributed by atoms with E-state index in [1.807, 2.05) is 37.3 Å². The Morgan fingerprint density at radius 3 is 2.74 bits per heavy atom. The van der Waals surface area contributed by atoms with Gasteiger partial charge in [-0.05, 0) is 49.5 Å². The molecule has 1 aliphatic rings. The van der Waals surface area contributed by atoms with Crippen LogP contribution >= 0.6 is 23.8 Å². The molecule has 4 rings (SSSR count). The first-order valence-corrected chi connectivity index (χ1v) is 9.00. The number of thiocarbonyl (C=S) groups is 1. The predicted octanol–water partition coefficient (Wildman–Crippen LogP) is 3.68. The minimum absolute atomic E-state index is 0.237. The number of furan rings is 1. The summed E-state index contributed by atoms with van der Waals surface area (Å²) in [5.41, 5.74) is 2.57. The normalized spacial score (nSPS) is 15.6. The number of para-hydroxylation sites is 1. The zero-order valence-corrected chi connectivity index (χ0v) is 15.9. The van der Waals surface area contributed by atoms with Crippen LogP contribution in [0.1, 0.15) is 17.0 Å². The maximum Gasteiger partial charge on any atom is 0.276 e. The van der Waals surface area contributed by atoms with E-state index in [0.717, 1.165) is 5.69 Å². The van der Waals surface area contributed by atoms with Crippen molar-refractivity contribution >= 4 is 40.9 Å². The number of amides is 1. The van der Waals surface area contributed by atoms with E-state index in [0.29, 0.717) is 33.0 Å². The van der Waals surface area contributed by atoms with E-state index in [2.05, 4.69) is 10.4 Å². The van der Waals surface area contributed by atoms with Gasteiger partial charge >= 0.3 is 0 Å². The van der Waals surface area contributed by atoms with Crippen molar-refractivity contribution in [3.05, 3.63) is 76.6 Å². The molecule has 0 spiro atoms. The summed E-state index contributed by atoms with van der Waals surface area (Å²) in [5, 5.41) is 8.19. The molecule has 1 saturated heterocycles. The molecule has 136 valence electrons. The molecule has 0 bridgehead atoms. The van der Waals surface area contributed by atoms with Gasteiger partial charge in [-0.1, -0.05) is 29.8 Å². The Kier molecular flexibility index (Phi) is 4.55. The molecule has 1 fully saturated rings. The molecule has 1 N–H and O–H groups in total. The lowest BCUT2D eigenvalue weighted by molar-refractivity contribution is -0.122. The fraction of sp³-hybridized carbons (Fsp3) is 0.105. The third-order valence-corrected chi connectivity index (χ3v) is 4.88. The Morgan fingerprint density at radius 2 is 2.04 bits per heavy atom. The Labute approximate surface area is 166 Å². The minimum Gasteiger partial charge on any atom is -0.467 e. The van der Waals surface area contributed by atoms with E-state index in [9.17, 15) is 4.79 Å². The third kappa shape index (κ3) is 3.27. The molecule has 1 aliphatic heterocycles. The van der Waals surface area contributed by atoms with Crippen molar-refractivity contribution < 1.29 is 9.21 Å². The maximum atomic E-state index is 12.7. The molecule has 8 heteroatoms. The predicted molar refractivity (Wildman–Crippen MR) is 106 cm³/mol. The summed E-state index contributed by atoms with van der Waals surface area (Å²) in [7, 11) is 0. The number of hydrogen-bond acceptors (Lipinski definition) is 4. The van der Waals surface area contributed by atoms with Crippen LogP contribution in [0.3, 0.4) is 0 Å². The zero-order valence-electron chi connectivity index (χ0n) is 14.3. The van der Waals surface area contributed by atoms with Gasteiger partial charge in [-0.2, -0.15) is 5.10 Å². The second-order valence-corrected chi connectivity index (χ2v) is 6.74. The topological polar surface area (TPSA) is 63.3 Å². The molecular formula is C19H15ClN4O2S. The summed E-state index contributed by atoms with van der Waals surface area (Å²) >= 11 is 11.8. The third-order valence-electron chi connectivity index (χ3n) is 4.19. The first-order valence-electron chi connectivity index (χ1n) is 8.22. The van der Waals surface area contributed by atoms with E-state index < -0.39 is 0 Å². The first-order chi connectivity index (χ1) is 13.0. The van der Waals surface area contributed by atoms with Crippen molar-refractivity contribution in [2.45, 2.75) is 13.5 Å². The molecule has 3 heterocycles. The van der Waals surface area contributed by atoms with Gasteiger partial charge in [0, 0.05) is 5.56 Å². The van der Waals surface area contributed by atoms with Crippen LogP contribution in [0.5, 0.6) is 0 Å². The van der Waals surface area contributed by atoms with Gasteiger partial charge in [0.25, 0.3) is 5.91 Å². The quantitative estimate of drug-likeness (QED) is 0.536. The zero-order chi connectivity index (χ0) is 19.0. The van der Waals surface area contributed by atoms with E-state index in [1.54, 1.807) is 29.2 Å². The second kappa shape index (κ2) is 7.02. The van der Waals surface area contributed by atoms with Gasteiger partial charge in [0.2, 0.25) is 0 Å². The number of aromatic nitrogens is 2. The Hall–Kier alpha value is -2.90. The summed E-state index contributed by atoms with van der Waals surface area (Å²) in [4.78, 5) is 14.2. The number of halogens is 1. The summed E-state index contributed by atoms with van der Waals surface area (Å²) in [5.74, 6) is 0.416. The Balaban J connectivity index is 1.65. The summed E-state index contributed by atoms with van der Waals surface area (Å²) < 4.78 is 6.94. The van der Waals surface area contributed by atoms with Gasteiger partial charge in [0.1, 0.15) is 16.6 Å². The molecule has 27 heavy (non-hydrogen) atoms. The number of nitrogens with zero attached hydrogens (tertiary/aromatic N) is 3. The van der Waals surface area contributed by atoms with Gasteiger partial charge in [-0.3, -0.25) is 9.69 Å². The van der Waals surface area contributed by atoms with E-state index >= 15 is 0 Å². The highest BCUT2D eigenvalue weighted by Crippen LogP contribution is 2.27. The van der Waals surface area contributed by atoms with Crippen molar-refractivity contribution in [3.8, 4) is 5.69 Å². The number of nitrogens with one attached hydrogen (secondary N) is 1. The average Bonchev–Trinajstić information content (AvgIpc) is 3.35. The molecule has 0 atom stereocenters. The Bertz CT molecular complexity index is 1040. The van der Waals surface area contributed by atoms with Crippen LogP contribution < -0.4 is 5.32 Å². The first kappa shape index (κ1) is 17.5. The van der Waals surface area contributed by atoms with Crippen LogP contribution in [0.2, 0.25) is 5.15 Å². The average molecular weight is 399 g/mol. The highest BCUT2D eigenvalue weighted by atomic mass is 35.5. The van der Waals surface area contributed by atoms with Crippen LogP contribution in [-0.4, -0.2) is 25.7 Å². The number of benzene rings is 1. The van der Waals surface area contributed by atoms with Gasteiger partial charge in [-0.15, -0.1) is 0 Å². The molecule has 2 aromatic heterocycles. The lowest BCUT2D eigenvalue weighted by atomic mass is 10.2. The molecule has 6 nitrogen and oxygen atoms in total. The van der Waals surface area contributed by atoms with Crippen molar-refractivity contribution in [1.82, 2.24) is 20.0 Å². The van der Waals surface area contributed by atoms with Crippen LogP contribution in [0.25, 0.3) is 11.8 Å². The second-order valence-electron chi connectivity index (χ2n) is 6.00. The summed E-state index contributed by atoms with van der Waals surface area (Å²) in [6, 6.07) is 13.1. The summed E-state index contributed by atoms with van der Waals surface area (Å²) in [6.07, 6.45) is 3.24. The molecule has 3 aromatic rings. The molecule has 1 amide bonds. The fourth-order valence-corrected chi connectivity index (χ4v) is 3.42. The maximum absolute atomic E-state index is 12.7. The molecule has 1 aromatic carbocycles. The summed E-state index contributed by atoms with van der Waals surface area (Å²) in [6.45, 7) is 2.11. The smallest absolute Gasteiger partial charge is 0.276 e. The number of rotatable bonds is 4. The number of aryl methyl sites for hydroxylation is 1. The van der Waals surface area contributed by atoms with Crippen molar-refractivity contribution in [1.29, 1.82) is 0 Å². The minimum atomic E-state index is -0.237. The molecule has 0 unspecified atom stereocenters. The van der Waals surface area contributed by atoms with E-state index in [4.69, 9.17) is 28.2 Å². The monoisotopic (exact) mass is 398 g/mol. The fourth-order valence-electron chi connectivity index (χ4n) is 2.83. The highest BCUT2D eigenvalue weighted by molar-refractivity contribution is 7.80. The van der Waals surface area contributed by atoms with Gasteiger partial charge in [0.05, 0.1) is 24.2 Å². The number of carbonyl (C=O) groups is 1. The van der Waals surface area contributed by atoms with Crippen molar-refractivity contribution in [2.75, 3.05) is 0 Å². The molecule has 0 saturated carbocycles. The lowest BCUT2D eigenvalue weighted by Gasteiger charge is -2.11. The van der Waals surface area contributed by atoms with Gasteiger partial charge < -0.3 is 9.73 Å². The SMILES string of the molecule is Cc1nn(-c2ccccc2)c(Cl)c1/C=C1\NC(=S)N(Cc2ccco2)C1=O. The largest absolute Gasteiger partial charge is 0.467 e.